The van der Waals surface area contributed by atoms with Crippen LogP contribution in [0.15, 0.2) is 24.3 Å². The van der Waals surface area contributed by atoms with Crippen LogP contribution in [0.2, 0.25) is 0 Å². The summed E-state index contributed by atoms with van der Waals surface area (Å²) in [6, 6.07) is 6.66. The van der Waals surface area contributed by atoms with E-state index >= 15 is 0 Å². The molecule has 0 unspecified atom stereocenters. The minimum atomic E-state index is -0.534. The van der Waals surface area contributed by atoms with Gasteiger partial charge < -0.3 is 10.5 Å². The van der Waals surface area contributed by atoms with Crippen molar-refractivity contribution in [3.63, 3.8) is 0 Å². The zero-order valence-electron chi connectivity index (χ0n) is 8.07. The van der Waals surface area contributed by atoms with Gasteiger partial charge in [0, 0.05) is 0 Å². The van der Waals surface area contributed by atoms with Gasteiger partial charge in [-0.2, -0.15) is 0 Å². The van der Waals surface area contributed by atoms with Gasteiger partial charge in [-0.1, -0.05) is 12.1 Å². The molecule has 0 aliphatic carbocycles. The van der Waals surface area contributed by atoms with Gasteiger partial charge in [-0.05, 0) is 24.6 Å². The summed E-state index contributed by atoms with van der Waals surface area (Å²) in [5, 5.41) is 0. The van der Waals surface area contributed by atoms with Crippen LogP contribution >= 0.6 is 12.4 Å². The zero-order chi connectivity index (χ0) is 9.68. The largest absolute Gasteiger partial charge is 0.494 e. The molecule has 0 spiro atoms. The summed E-state index contributed by atoms with van der Waals surface area (Å²) in [5.74, 6) is 0.789. The summed E-state index contributed by atoms with van der Waals surface area (Å²) in [6.45, 7) is 2.02. The molecule has 0 fully saturated rings. The highest BCUT2D eigenvalue weighted by Crippen LogP contribution is 2.16. The maximum Gasteiger partial charge on any atom is 0.119 e. The van der Waals surface area contributed by atoms with Crippen molar-refractivity contribution in [2.75, 3.05) is 13.3 Å². The van der Waals surface area contributed by atoms with E-state index < -0.39 is 12.7 Å². The number of ether oxygens (including phenoxy) is 1. The standard InChI is InChI=1S/C10H14FNO.ClH/c1-2-13-9-5-3-8(4-6-9)10(12)7-11;/h3-6,10H,2,7,12H2,1H3;1H/t10-;/m1./s1. The minimum absolute atomic E-state index is 0. The van der Waals surface area contributed by atoms with Crippen LogP contribution in [-0.2, 0) is 0 Å². The average molecular weight is 220 g/mol. The predicted octanol–water partition coefficient (Wildman–Crippen LogP) is 2.48. The molecular formula is C10H15ClFNO. The van der Waals surface area contributed by atoms with Crippen molar-refractivity contribution < 1.29 is 9.13 Å². The fourth-order valence-corrected chi connectivity index (χ4v) is 1.07. The first-order valence-electron chi connectivity index (χ1n) is 4.32. The molecule has 4 heteroatoms. The third-order valence-corrected chi connectivity index (χ3v) is 1.79. The molecule has 0 aliphatic heterocycles. The molecule has 1 aromatic carbocycles. The Bertz CT molecular complexity index is 253. The lowest BCUT2D eigenvalue weighted by Gasteiger charge is -2.08. The third-order valence-electron chi connectivity index (χ3n) is 1.79. The Hall–Kier alpha value is -0.800. The Morgan fingerprint density at radius 2 is 1.93 bits per heavy atom. The summed E-state index contributed by atoms with van der Waals surface area (Å²) >= 11 is 0. The van der Waals surface area contributed by atoms with Crippen LogP contribution in [0.1, 0.15) is 18.5 Å². The van der Waals surface area contributed by atoms with E-state index in [0.29, 0.717) is 6.61 Å². The van der Waals surface area contributed by atoms with Crippen molar-refractivity contribution in [2.45, 2.75) is 13.0 Å². The molecule has 0 aliphatic rings. The van der Waals surface area contributed by atoms with Gasteiger partial charge in [-0.15, -0.1) is 12.4 Å². The quantitative estimate of drug-likeness (QED) is 0.845. The van der Waals surface area contributed by atoms with E-state index in [4.69, 9.17) is 10.5 Å². The molecule has 0 aromatic heterocycles. The Balaban J connectivity index is 0.00000169. The van der Waals surface area contributed by atoms with Crippen LogP contribution in [-0.4, -0.2) is 13.3 Å². The molecule has 0 bridgehead atoms. The van der Waals surface area contributed by atoms with Crippen molar-refractivity contribution in [1.82, 2.24) is 0 Å². The van der Waals surface area contributed by atoms with E-state index in [9.17, 15) is 4.39 Å². The molecule has 0 heterocycles. The topological polar surface area (TPSA) is 35.2 Å². The molecule has 1 aromatic rings. The van der Waals surface area contributed by atoms with Crippen molar-refractivity contribution in [1.29, 1.82) is 0 Å². The van der Waals surface area contributed by atoms with E-state index in [0.717, 1.165) is 11.3 Å². The summed E-state index contributed by atoms with van der Waals surface area (Å²) in [7, 11) is 0. The van der Waals surface area contributed by atoms with Gasteiger partial charge in [0.1, 0.15) is 12.4 Å². The number of alkyl halides is 1. The van der Waals surface area contributed by atoms with Gasteiger partial charge >= 0.3 is 0 Å². The van der Waals surface area contributed by atoms with Gasteiger partial charge in [0.2, 0.25) is 0 Å². The molecule has 14 heavy (non-hydrogen) atoms. The predicted molar refractivity (Wildman–Crippen MR) is 57.8 cm³/mol. The lowest BCUT2D eigenvalue weighted by molar-refractivity contribution is 0.340. The minimum Gasteiger partial charge on any atom is -0.494 e. The maximum atomic E-state index is 12.2. The van der Waals surface area contributed by atoms with Gasteiger partial charge in [-0.3, -0.25) is 0 Å². The number of nitrogens with two attached hydrogens (primary N) is 1. The van der Waals surface area contributed by atoms with Crippen LogP contribution in [0, 0.1) is 0 Å². The second kappa shape index (κ2) is 6.62. The fraction of sp³-hybridized carbons (Fsp3) is 0.400. The van der Waals surface area contributed by atoms with Crippen molar-refractivity contribution in [3.05, 3.63) is 29.8 Å². The number of rotatable bonds is 4. The molecule has 0 radical (unpaired) electrons. The average Bonchev–Trinajstić information content (AvgIpc) is 2.18. The van der Waals surface area contributed by atoms with Gasteiger partial charge in [0.25, 0.3) is 0 Å². The van der Waals surface area contributed by atoms with E-state index in [1.165, 1.54) is 0 Å². The monoisotopic (exact) mass is 219 g/mol. The van der Waals surface area contributed by atoms with E-state index in [1.807, 2.05) is 6.92 Å². The van der Waals surface area contributed by atoms with E-state index in [2.05, 4.69) is 0 Å². The molecule has 0 saturated heterocycles. The first kappa shape index (κ1) is 13.2. The number of hydrogen-bond acceptors (Lipinski definition) is 2. The lowest BCUT2D eigenvalue weighted by Crippen LogP contribution is -2.11. The first-order chi connectivity index (χ1) is 6.27. The Kier molecular flexibility index (Phi) is 6.25. The SMILES string of the molecule is CCOc1ccc([C@H](N)CF)cc1.Cl. The van der Waals surface area contributed by atoms with Crippen LogP contribution in [0.5, 0.6) is 5.75 Å². The van der Waals surface area contributed by atoms with Gasteiger partial charge in [-0.25, -0.2) is 4.39 Å². The van der Waals surface area contributed by atoms with Gasteiger partial charge in [0.05, 0.1) is 12.6 Å². The Morgan fingerprint density at radius 3 is 2.36 bits per heavy atom. The first-order valence-corrected chi connectivity index (χ1v) is 4.32. The molecule has 2 N–H and O–H groups in total. The highest BCUT2D eigenvalue weighted by molar-refractivity contribution is 5.85. The smallest absolute Gasteiger partial charge is 0.119 e. The highest BCUT2D eigenvalue weighted by Gasteiger charge is 2.04. The normalized spacial score (nSPS) is 11.6. The number of hydrogen-bond donors (Lipinski definition) is 1. The van der Waals surface area contributed by atoms with Gasteiger partial charge in [0.15, 0.2) is 0 Å². The van der Waals surface area contributed by atoms with Crippen LogP contribution in [0.3, 0.4) is 0 Å². The van der Waals surface area contributed by atoms with E-state index in [1.54, 1.807) is 24.3 Å². The Labute approximate surface area is 89.7 Å². The molecule has 1 rings (SSSR count). The summed E-state index contributed by atoms with van der Waals surface area (Å²) in [6.07, 6.45) is 0. The lowest BCUT2D eigenvalue weighted by atomic mass is 10.1. The van der Waals surface area contributed by atoms with Crippen molar-refractivity contribution >= 4 is 12.4 Å². The number of benzene rings is 1. The summed E-state index contributed by atoms with van der Waals surface area (Å²) in [4.78, 5) is 0. The highest BCUT2D eigenvalue weighted by atomic mass is 35.5. The maximum absolute atomic E-state index is 12.2. The Morgan fingerprint density at radius 1 is 1.36 bits per heavy atom. The summed E-state index contributed by atoms with van der Waals surface area (Å²) in [5.41, 5.74) is 6.30. The molecule has 1 atom stereocenters. The molecule has 0 saturated carbocycles. The zero-order valence-corrected chi connectivity index (χ0v) is 8.89. The molecule has 0 amide bonds. The van der Waals surface area contributed by atoms with Crippen LogP contribution in [0.4, 0.5) is 4.39 Å². The van der Waals surface area contributed by atoms with E-state index in [-0.39, 0.29) is 12.4 Å². The molecule has 80 valence electrons. The third kappa shape index (κ3) is 3.52. The molecule has 2 nitrogen and oxygen atoms in total. The number of halogens is 2. The van der Waals surface area contributed by atoms with Crippen molar-refractivity contribution in [3.8, 4) is 5.75 Å². The second-order valence-electron chi connectivity index (χ2n) is 2.76. The van der Waals surface area contributed by atoms with Crippen LogP contribution < -0.4 is 10.5 Å². The van der Waals surface area contributed by atoms with Crippen molar-refractivity contribution in [2.24, 2.45) is 5.73 Å². The van der Waals surface area contributed by atoms with Crippen LogP contribution in [0.25, 0.3) is 0 Å². The summed E-state index contributed by atoms with van der Waals surface area (Å²) < 4.78 is 17.4. The second-order valence-corrected chi connectivity index (χ2v) is 2.76. The fourth-order valence-electron chi connectivity index (χ4n) is 1.07. The molecular weight excluding hydrogens is 205 g/mol.